The van der Waals surface area contributed by atoms with Crippen LogP contribution in [0.3, 0.4) is 0 Å². The number of ether oxygens (including phenoxy) is 2. The number of carbonyl (C=O) groups excluding carboxylic acids is 2. The number of hydrogen-bond acceptors (Lipinski definition) is 4. The molecule has 1 aliphatic rings. The van der Waals surface area contributed by atoms with Crippen molar-refractivity contribution in [1.82, 2.24) is 5.32 Å². The molecule has 0 saturated carbocycles. The first-order chi connectivity index (χ1) is 13.3. The first kappa shape index (κ1) is 19.7. The van der Waals surface area contributed by atoms with Crippen molar-refractivity contribution in [3.8, 4) is 11.5 Å². The largest absolute Gasteiger partial charge is 0.493 e. The van der Waals surface area contributed by atoms with Gasteiger partial charge in [0.15, 0.2) is 17.3 Å². The first-order valence-corrected chi connectivity index (χ1v) is 9.14. The van der Waals surface area contributed by atoms with E-state index in [0.717, 1.165) is 11.1 Å². The molecular formula is C23H25NO4. The summed E-state index contributed by atoms with van der Waals surface area (Å²) in [5, 5.41) is 3.03. The molecule has 0 aromatic heterocycles. The molecule has 1 aliphatic carbocycles. The quantitative estimate of drug-likeness (QED) is 0.792. The second-order valence-electron chi connectivity index (χ2n) is 7.50. The number of hydrogen-bond donors (Lipinski definition) is 1. The number of methoxy groups -OCH3 is 2. The second kappa shape index (κ2) is 7.50. The molecule has 2 aromatic rings. The Hall–Kier alpha value is -3.08. The highest BCUT2D eigenvalue weighted by Crippen LogP contribution is 2.48. The van der Waals surface area contributed by atoms with Gasteiger partial charge in [0.05, 0.1) is 20.3 Å². The van der Waals surface area contributed by atoms with Crippen LogP contribution in [0.5, 0.6) is 11.5 Å². The summed E-state index contributed by atoms with van der Waals surface area (Å²) in [5.41, 5.74) is 2.30. The van der Waals surface area contributed by atoms with Crippen LogP contribution in [0, 0.1) is 5.41 Å². The maximum absolute atomic E-state index is 13.3. The summed E-state index contributed by atoms with van der Waals surface area (Å²) >= 11 is 0. The maximum Gasteiger partial charge on any atom is 0.217 e. The lowest BCUT2D eigenvalue weighted by molar-refractivity contribution is -0.120. The number of allylic oxidation sites excluding steroid dienone is 1. The lowest BCUT2D eigenvalue weighted by Crippen LogP contribution is -2.39. The minimum Gasteiger partial charge on any atom is -0.493 e. The third kappa shape index (κ3) is 3.52. The van der Waals surface area contributed by atoms with Crippen LogP contribution in [0.25, 0.3) is 5.57 Å². The van der Waals surface area contributed by atoms with Gasteiger partial charge in [-0.05, 0) is 23.3 Å². The molecule has 5 nitrogen and oxygen atoms in total. The Kier molecular flexibility index (Phi) is 5.27. The SMILES string of the molecule is COc1cc2c(cc1OC)[C@@H](NC(C)=O)C(C)(C)C=C2C(=O)c1ccccc1. The fourth-order valence-electron chi connectivity index (χ4n) is 3.70. The predicted octanol–water partition coefficient (Wildman–Crippen LogP) is 4.19. The van der Waals surface area contributed by atoms with E-state index in [4.69, 9.17) is 9.47 Å². The van der Waals surface area contributed by atoms with Gasteiger partial charge in [-0.2, -0.15) is 0 Å². The molecule has 1 N–H and O–H groups in total. The minimum absolute atomic E-state index is 0.0663. The molecule has 0 unspecified atom stereocenters. The Morgan fingerprint density at radius 1 is 1.00 bits per heavy atom. The van der Waals surface area contributed by atoms with Crippen molar-refractivity contribution in [3.63, 3.8) is 0 Å². The van der Waals surface area contributed by atoms with Crippen LogP contribution >= 0.6 is 0 Å². The lowest BCUT2D eigenvalue weighted by Gasteiger charge is -2.38. The number of fused-ring (bicyclic) bond motifs is 1. The molecule has 3 rings (SSSR count). The molecule has 0 bridgehead atoms. The minimum atomic E-state index is -0.474. The third-order valence-corrected chi connectivity index (χ3v) is 5.05. The smallest absolute Gasteiger partial charge is 0.217 e. The third-order valence-electron chi connectivity index (χ3n) is 5.05. The highest BCUT2D eigenvalue weighted by atomic mass is 16.5. The van der Waals surface area contributed by atoms with Gasteiger partial charge in [0, 0.05) is 23.5 Å². The van der Waals surface area contributed by atoms with Crippen LogP contribution in [0.1, 0.15) is 48.3 Å². The van der Waals surface area contributed by atoms with E-state index >= 15 is 0 Å². The molecule has 28 heavy (non-hydrogen) atoms. The Balaban J connectivity index is 2.24. The average molecular weight is 379 g/mol. The summed E-state index contributed by atoms with van der Waals surface area (Å²) in [5.74, 6) is 0.892. The van der Waals surface area contributed by atoms with Crippen LogP contribution in [-0.2, 0) is 4.79 Å². The van der Waals surface area contributed by atoms with Crippen molar-refractivity contribution in [1.29, 1.82) is 0 Å². The van der Waals surface area contributed by atoms with Crippen LogP contribution in [0.4, 0.5) is 0 Å². The van der Waals surface area contributed by atoms with Gasteiger partial charge < -0.3 is 14.8 Å². The number of nitrogens with one attached hydrogen (secondary N) is 1. The van der Waals surface area contributed by atoms with Gasteiger partial charge in [-0.1, -0.05) is 50.3 Å². The summed E-state index contributed by atoms with van der Waals surface area (Å²) in [6.07, 6.45) is 1.94. The number of carbonyl (C=O) groups is 2. The van der Waals surface area contributed by atoms with Gasteiger partial charge in [-0.15, -0.1) is 0 Å². The Labute approximate surface area is 165 Å². The normalized spacial score (nSPS) is 17.2. The predicted molar refractivity (Wildman–Crippen MR) is 109 cm³/mol. The number of benzene rings is 2. The van der Waals surface area contributed by atoms with Crippen molar-refractivity contribution in [2.45, 2.75) is 26.8 Å². The molecule has 146 valence electrons. The maximum atomic E-state index is 13.3. The number of Topliss-reactive ketones (excluding diaryl/α,β-unsaturated/α-hetero) is 1. The Morgan fingerprint density at radius 2 is 1.61 bits per heavy atom. The molecule has 0 radical (unpaired) electrons. The highest BCUT2D eigenvalue weighted by Gasteiger charge is 2.39. The Morgan fingerprint density at radius 3 is 2.18 bits per heavy atom. The monoisotopic (exact) mass is 379 g/mol. The summed E-state index contributed by atoms with van der Waals surface area (Å²) < 4.78 is 10.9. The summed E-state index contributed by atoms with van der Waals surface area (Å²) in [6, 6.07) is 12.5. The zero-order valence-electron chi connectivity index (χ0n) is 16.8. The molecule has 2 aromatic carbocycles. The summed E-state index contributed by atoms with van der Waals surface area (Å²) in [7, 11) is 3.13. The van der Waals surface area contributed by atoms with E-state index in [-0.39, 0.29) is 17.7 Å². The Bertz CT molecular complexity index is 945. The fourth-order valence-corrected chi connectivity index (χ4v) is 3.70. The van der Waals surface area contributed by atoms with E-state index in [2.05, 4.69) is 5.32 Å². The molecule has 1 atom stereocenters. The molecule has 0 saturated heterocycles. The van der Waals surface area contributed by atoms with Crippen molar-refractivity contribution < 1.29 is 19.1 Å². The van der Waals surface area contributed by atoms with Gasteiger partial charge in [0.25, 0.3) is 0 Å². The van der Waals surface area contributed by atoms with Crippen molar-refractivity contribution in [3.05, 3.63) is 65.2 Å². The second-order valence-corrected chi connectivity index (χ2v) is 7.50. The molecule has 0 fully saturated rings. The van der Waals surface area contributed by atoms with Gasteiger partial charge in [-0.25, -0.2) is 0 Å². The van der Waals surface area contributed by atoms with E-state index in [9.17, 15) is 9.59 Å². The summed E-state index contributed by atoms with van der Waals surface area (Å²) in [4.78, 5) is 25.2. The molecule has 0 aliphatic heterocycles. The number of amides is 1. The summed E-state index contributed by atoms with van der Waals surface area (Å²) in [6.45, 7) is 5.50. The topological polar surface area (TPSA) is 64.6 Å². The average Bonchev–Trinajstić information content (AvgIpc) is 2.68. The molecule has 1 amide bonds. The standard InChI is InChI=1S/C23H25NO4/c1-14(25)24-22-17-12-20(28-5)19(27-4)11-16(17)18(13-23(22,2)3)21(26)15-9-7-6-8-10-15/h6-13,22H,1-5H3,(H,24,25)/t22-/m1/s1. The van der Waals surface area contributed by atoms with Gasteiger partial charge in [0.2, 0.25) is 5.91 Å². The van der Waals surface area contributed by atoms with Crippen LogP contribution in [-0.4, -0.2) is 25.9 Å². The lowest BCUT2D eigenvalue weighted by atomic mass is 9.70. The number of rotatable bonds is 5. The van der Waals surface area contributed by atoms with Gasteiger partial charge in [0.1, 0.15) is 0 Å². The van der Waals surface area contributed by atoms with Crippen LogP contribution in [0.15, 0.2) is 48.5 Å². The zero-order valence-corrected chi connectivity index (χ0v) is 16.8. The number of ketones is 1. The fraction of sp³-hybridized carbons (Fsp3) is 0.304. The first-order valence-electron chi connectivity index (χ1n) is 9.14. The van der Waals surface area contributed by atoms with E-state index in [1.54, 1.807) is 26.4 Å². The van der Waals surface area contributed by atoms with E-state index < -0.39 is 5.41 Å². The molecule has 0 spiro atoms. The zero-order chi connectivity index (χ0) is 20.5. The molecule has 0 heterocycles. The molecular weight excluding hydrogens is 354 g/mol. The van der Waals surface area contributed by atoms with Crippen LogP contribution in [0.2, 0.25) is 0 Å². The van der Waals surface area contributed by atoms with E-state index in [1.807, 2.05) is 50.3 Å². The van der Waals surface area contributed by atoms with Crippen molar-refractivity contribution in [2.75, 3.05) is 14.2 Å². The van der Waals surface area contributed by atoms with E-state index in [1.165, 1.54) is 6.92 Å². The van der Waals surface area contributed by atoms with Crippen molar-refractivity contribution >= 4 is 17.3 Å². The molecule has 5 heteroatoms. The van der Waals surface area contributed by atoms with Crippen molar-refractivity contribution in [2.24, 2.45) is 5.41 Å². The van der Waals surface area contributed by atoms with Gasteiger partial charge in [-0.3, -0.25) is 9.59 Å². The van der Waals surface area contributed by atoms with Gasteiger partial charge >= 0.3 is 0 Å². The van der Waals surface area contributed by atoms with Crippen LogP contribution < -0.4 is 14.8 Å². The highest BCUT2D eigenvalue weighted by molar-refractivity contribution is 6.29. The van der Waals surface area contributed by atoms with E-state index in [0.29, 0.717) is 22.6 Å².